The zero-order valence-corrected chi connectivity index (χ0v) is 15.3. The Bertz CT molecular complexity index is 882. The molecule has 24 heavy (non-hydrogen) atoms. The fourth-order valence-corrected chi connectivity index (χ4v) is 4.19. The second-order valence-electron chi connectivity index (χ2n) is 7.57. The monoisotopic (exact) mass is 320 g/mol. The molecule has 124 valence electrons. The number of nitrogens with zero attached hydrogens (tertiary/aromatic N) is 2. The summed E-state index contributed by atoms with van der Waals surface area (Å²) in [7, 11) is 2.10. The highest BCUT2D eigenvalue weighted by molar-refractivity contribution is 5.89. The number of hydrogen-bond donors (Lipinski definition) is 0. The van der Waals surface area contributed by atoms with E-state index in [0.29, 0.717) is 0 Å². The number of fused-ring (bicyclic) bond motifs is 2. The molecule has 1 spiro atoms. The molecule has 2 aliphatic rings. The maximum Gasteiger partial charge on any atom is 0.228 e. The fourth-order valence-electron chi connectivity index (χ4n) is 4.19. The van der Waals surface area contributed by atoms with Crippen LogP contribution in [0.4, 0.5) is 11.4 Å². The van der Waals surface area contributed by atoms with Gasteiger partial charge in [-0.25, -0.2) is 0 Å². The number of para-hydroxylation sites is 1. The lowest BCUT2D eigenvalue weighted by Crippen LogP contribution is -2.61. The minimum absolute atomic E-state index is 0.205. The van der Waals surface area contributed by atoms with Gasteiger partial charge < -0.3 is 9.64 Å². The van der Waals surface area contributed by atoms with Gasteiger partial charge in [0, 0.05) is 12.7 Å². The normalized spacial score (nSPS) is 23.2. The van der Waals surface area contributed by atoms with Crippen LogP contribution in [0, 0.1) is 20.8 Å². The summed E-state index contributed by atoms with van der Waals surface area (Å²) in [6.45, 7) is 10.8. The molecular formula is C21H24N2O. The molecule has 0 fully saturated rings. The summed E-state index contributed by atoms with van der Waals surface area (Å²) >= 11 is 0. The number of ether oxygens (including phenoxy) is 1. The van der Waals surface area contributed by atoms with E-state index < -0.39 is 5.72 Å². The van der Waals surface area contributed by atoms with Crippen molar-refractivity contribution in [3.05, 3.63) is 52.6 Å². The van der Waals surface area contributed by atoms with Gasteiger partial charge in [-0.15, -0.1) is 0 Å². The molecule has 0 radical (unpaired) electrons. The molecule has 0 aliphatic carbocycles. The minimum Gasteiger partial charge on any atom is -0.459 e. The smallest absolute Gasteiger partial charge is 0.228 e. The van der Waals surface area contributed by atoms with E-state index in [1.54, 1.807) is 0 Å². The first-order valence-electron chi connectivity index (χ1n) is 8.48. The molecule has 2 aromatic rings. The van der Waals surface area contributed by atoms with Crippen molar-refractivity contribution in [1.29, 1.82) is 0 Å². The Kier molecular flexibility index (Phi) is 2.94. The highest BCUT2D eigenvalue weighted by atomic mass is 16.5. The van der Waals surface area contributed by atoms with Crippen LogP contribution in [0.1, 0.15) is 36.1 Å². The number of rotatable bonds is 0. The van der Waals surface area contributed by atoms with Gasteiger partial charge in [-0.3, -0.25) is 4.99 Å². The lowest BCUT2D eigenvalue weighted by molar-refractivity contribution is 0.0815. The van der Waals surface area contributed by atoms with Crippen LogP contribution in [0.5, 0.6) is 5.75 Å². The Labute approximate surface area is 144 Å². The average Bonchev–Trinajstić information content (AvgIpc) is 2.72. The van der Waals surface area contributed by atoms with Crippen molar-refractivity contribution in [3.8, 4) is 5.75 Å². The maximum absolute atomic E-state index is 6.76. The molecule has 3 heteroatoms. The van der Waals surface area contributed by atoms with Gasteiger partial charge in [0.05, 0.1) is 11.6 Å². The van der Waals surface area contributed by atoms with Gasteiger partial charge in [-0.2, -0.15) is 0 Å². The topological polar surface area (TPSA) is 24.8 Å². The molecule has 4 rings (SSSR count). The van der Waals surface area contributed by atoms with E-state index in [1.165, 1.54) is 22.4 Å². The van der Waals surface area contributed by atoms with Gasteiger partial charge in [-0.05, 0) is 62.9 Å². The summed E-state index contributed by atoms with van der Waals surface area (Å²) in [5.41, 5.74) is 6.24. The van der Waals surface area contributed by atoms with E-state index in [4.69, 9.17) is 9.73 Å². The Hall–Kier alpha value is -2.29. The van der Waals surface area contributed by atoms with Crippen LogP contribution in [0.3, 0.4) is 0 Å². The van der Waals surface area contributed by atoms with Gasteiger partial charge >= 0.3 is 0 Å². The lowest BCUT2D eigenvalue weighted by Gasteiger charge is -2.45. The number of likely N-dealkylation sites (N-methyl/N-ethyl adjacent to an activating group) is 1. The Morgan fingerprint density at radius 2 is 1.75 bits per heavy atom. The van der Waals surface area contributed by atoms with Crippen LogP contribution in [-0.4, -0.2) is 19.0 Å². The van der Waals surface area contributed by atoms with Gasteiger partial charge in [0.1, 0.15) is 5.69 Å². The van der Waals surface area contributed by atoms with E-state index in [2.05, 4.69) is 76.9 Å². The van der Waals surface area contributed by atoms with E-state index >= 15 is 0 Å². The van der Waals surface area contributed by atoms with Crippen molar-refractivity contribution in [2.45, 2.75) is 45.8 Å². The quantitative estimate of drug-likeness (QED) is 0.694. The fraction of sp³-hybridized carbons (Fsp3) is 0.381. The summed E-state index contributed by atoms with van der Waals surface area (Å²) in [5, 5.41) is 0. The third kappa shape index (κ3) is 1.65. The van der Waals surface area contributed by atoms with Crippen molar-refractivity contribution in [1.82, 2.24) is 0 Å². The Balaban J connectivity index is 1.95. The van der Waals surface area contributed by atoms with E-state index in [-0.39, 0.29) is 5.41 Å². The predicted octanol–water partition coefficient (Wildman–Crippen LogP) is 4.83. The molecule has 0 aromatic heterocycles. The second kappa shape index (κ2) is 4.62. The molecular weight excluding hydrogens is 296 g/mol. The van der Waals surface area contributed by atoms with Gasteiger partial charge in [0.25, 0.3) is 0 Å². The molecule has 1 atom stereocenters. The summed E-state index contributed by atoms with van der Waals surface area (Å²) in [6.07, 6.45) is 2.00. The molecule has 2 aliphatic heterocycles. The first-order chi connectivity index (χ1) is 11.3. The summed E-state index contributed by atoms with van der Waals surface area (Å²) < 4.78 is 6.76. The standard InChI is InChI=1S/C21H24N2O/c1-13-11-14(2)18-19(15(13)3)24-21(12-22-18)20(4,5)16-9-7-8-10-17(16)23(21)6/h7-12H,1-6H3/t21-/m0/s1. The summed E-state index contributed by atoms with van der Waals surface area (Å²) in [5.74, 6) is 0.919. The number of benzene rings is 2. The molecule has 0 bridgehead atoms. The van der Waals surface area contributed by atoms with Crippen molar-refractivity contribution >= 4 is 17.6 Å². The van der Waals surface area contributed by atoms with Crippen molar-refractivity contribution in [2.75, 3.05) is 11.9 Å². The molecule has 0 amide bonds. The zero-order chi connectivity index (χ0) is 17.3. The van der Waals surface area contributed by atoms with Crippen LogP contribution in [0.25, 0.3) is 0 Å². The minimum atomic E-state index is -0.602. The van der Waals surface area contributed by atoms with Crippen LogP contribution in [0.2, 0.25) is 0 Å². The summed E-state index contributed by atoms with van der Waals surface area (Å²) in [4.78, 5) is 7.10. The predicted molar refractivity (Wildman–Crippen MR) is 100 cm³/mol. The van der Waals surface area contributed by atoms with Gasteiger partial charge in [0.2, 0.25) is 5.72 Å². The molecule has 0 N–H and O–H groups in total. The third-order valence-electron chi connectivity index (χ3n) is 5.91. The first kappa shape index (κ1) is 15.3. The molecule has 0 saturated carbocycles. The van der Waals surface area contributed by atoms with E-state index in [1.807, 2.05) is 6.21 Å². The number of hydrogen-bond acceptors (Lipinski definition) is 3. The maximum atomic E-state index is 6.76. The lowest BCUT2D eigenvalue weighted by atomic mass is 9.77. The Morgan fingerprint density at radius 1 is 1.04 bits per heavy atom. The number of anilines is 1. The largest absolute Gasteiger partial charge is 0.459 e. The van der Waals surface area contributed by atoms with Crippen LogP contribution in [-0.2, 0) is 5.41 Å². The highest BCUT2D eigenvalue weighted by Crippen LogP contribution is 2.54. The van der Waals surface area contributed by atoms with Crippen molar-refractivity contribution < 1.29 is 4.74 Å². The number of aryl methyl sites for hydroxylation is 2. The van der Waals surface area contributed by atoms with Gasteiger partial charge in [-0.1, -0.05) is 24.3 Å². The molecule has 0 unspecified atom stereocenters. The van der Waals surface area contributed by atoms with Crippen LogP contribution in [0.15, 0.2) is 35.3 Å². The SMILES string of the molecule is Cc1cc(C)c2c(c1C)O[C@]1(C=N2)N(C)c2ccccc2C1(C)C. The molecule has 2 aromatic carbocycles. The third-order valence-corrected chi connectivity index (χ3v) is 5.91. The number of aliphatic imine (C=N–C) groups is 1. The zero-order valence-electron chi connectivity index (χ0n) is 15.3. The van der Waals surface area contributed by atoms with Crippen molar-refractivity contribution in [2.24, 2.45) is 4.99 Å². The van der Waals surface area contributed by atoms with E-state index in [0.717, 1.165) is 17.0 Å². The first-order valence-corrected chi connectivity index (χ1v) is 8.48. The average molecular weight is 320 g/mol. The van der Waals surface area contributed by atoms with E-state index in [9.17, 15) is 0 Å². The molecule has 3 nitrogen and oxygen atoms in total. The van der Waals surface area contributed by atoms with Crippen LogP contribution < -0.4 is 9.64 Å². The molecule has 0 saturated heterocycles. The Morgan fingerprint density at radius 3 is 2.46 bits per heavy atom. The summed E-state index contributed by atoms with van der Waals surface area (Å²) in [6, 6.07) is 10.7. The second-order valence-corrected chi connectivity index (χ2v) is 7.57. The van der Waals surface area contributed by atoms with Crippen molar-refractivity contribution in [3.63, 3.8) is 0 Å². The molecule has 2 heterocycles. The van der Waals surface area contributed by atoms with Gasteiger partial charge in [0.15, 0.2) is 5.75 Å². The highest BCUT2D eigenvalue weighted by Gasteiger charge is 2.58. The van der Waals surface area contributed by atoms with Crippen LogP contribution >= 0.6 is 0 Å².